The van der Waals surface area contributed by atoms with Crippen molar-refractivity contribution < 1.29 is 44.6 Å². The predicted molar refractivity (Wildman–Crippen MR) is 37.8 cm³/mol. The predicted octanol–water partition coefficient (Wildman–Crippen LogP) is -1.52. The molecule has 0 aliphatic heterocycles. The van der Waals surface area contributed by atoms with E-state index >= 15 is 0 Å². The minimum atomic E-state index is -2.08. The molecule has 0 fully saturated rings. The molecule has 0 bridgehead atoms. The average molecular weight is 170 g/mol. The van der Waals surface area contributed by atoms with Crippen LogP contribution in [0.2, 0.25) is 0 Å². The summed E-state index contributed by atoms with van der Waals surface area (Å²) in [6.45, 7) is 4.46. The fraction of sp³-hybridized carbons (Fsp3) is 0.857. The van der Waals surface area contributed by atoms with Crippen molar-refractivity contribution in [2.45, 2.75) is 39.5 Å². The summed E-state index contributed by atoms with van der Waals surface area (Å²) in [5.74, 6) is 0. The van der Waals surface area contributed by atoms with Crippen LogP contribution in [0.25, 0.3) is 0 Å². The largest absolute Gasteiger partial charge is 1.00 e. The van der Waals surface area contributed by atoms with Crippen LogP contribution >= 0.6 is 0 Å². The van der Waals surface area contributed by atoms with Crippen LogP contribution in [0, 0.1) is 0 Å². The van der Waals surface area contributed by atoms with Gasteiger partial charge in [-0.2, -0.15) is 0 Å². The van der Waals surface area contributed by atoms with Crippen molar-refractivity contribution in [1.29, 1.82) is 0 Å². The molecule has 0 rings (SSSR count). The molecule has 0 saturated carbocycles. The standard InChI is InChI=1S/C6H14.CH2O3.Na/c1-3-5-6-4-2;2-1(3)4;/h3-6H2,1-2H3;(H2,2,3,4);/q;;+1/p-1. The first-order chi connectivity index (χ1) is 4.65. The van der Waals surface area contributed by atoms with Gasteiger partial charge >= 0.3 is 29.6 Å². The van der Waals surface area contributed by atoms with E-state index in [2.05, 4.69) is 13.8 Å². The van der Waals surface area contributed by atoms with Gasteiger partial charge in [-0.1, -0.05) is 39.5 Å². The molecule has 0 aromatic carbocycles. The third kappa shape index (κ3) is 65.7. The minimum Gasteiger partial charge on any atom is -0.565 e. The van der Waals surface area contributed by atoms with Crippen molar-refractivity contribution in [3.05, 3.63) is 0 Å². The summed E-state index contributed by atoms with van der Waals surface area (Å²) in [7, 11) is 0. The quantitative estimate of drug-likeness (QED) is 0.413. The Morgan fingerprint density at radius 1 is 1.27 bits per heavy atom. The van der Waals surface area contributed by atoms with E-state index in [9.17, 15) is 0 Å². The maximum Gasteiger partial charge on any atom is 1.00 e. The van der Waals surface area contributed by atoms with Gasteiger partial charge < -0.3 is 15.0 Å². The topological polar surface area (TPSA) is 60.4 Å². The number of carboxylic acid groups (broad SMARTS) is 2. The van der Waals surface area contributed by atoms with Crippen LogP contribution in [0.3, 0.4) is 0 Å². The van der Waals surface area contributed by atoms with E-state index in [-0.39, 0.29) is 29.6 Å². The Balaban J connectivity index is -0.000000114. The molecular weight excluding hydrogens is 155 g/mol. The Labute approximate surface area is 90.1 Å². The molecule has 0 amide bonds. The Morgan fingerprint density at radius 2 is 1.45 bits per heavy atom. The molecule has 0 radical (unpaired) electrons. The van der Waals surface area contributed by atoms with Crippen LogP contribution in [0.5, 0.6) is 0 Å². The molecule has 0 aromatic rings. The molecule has 0 aliphatic rings. The summed E-state index contributed by atoms with van der Waals surface area (Å²) in [4.78, 5) is 8.44. The van der Waals surface area contributed by atoms with Gasteiger partial charge in [0.05, 0.1) is 0 Å². The molecule has 0 heterocycles. The van der Waals surface area contributed by atoms with Crippen molar-refractivity contribution >= 4 is 6.16 Å². The van der Waals surface area contributed by atoms with Gasteiger partial charge in [0.2, 0.25) is 6.16 Å². The summed E-state index contributed by atoms with van der Waals surface area (Å²) in [5.41, 5.74) is 0. The van der Waals surface area contributed by atoms with Crippen LogP contribution in [0.1, 0.15) is 39.5 Å². The third-order valence-corrected chi connectivity index (χ3v) is 0.957. The van der Waals surface area contributed by atoms with Gasteiger partial charge in [0.1, 0.15) is 0 Å². The summed E-state index contributed by atoms with van der Waals surface area (Å²) in [5, 5.41) is 15.3. The van der Waals surface area contributed by atoms with E-state index in [0.29, 0.717) is 0 Å². The molecule has 0 spiro atoms. The van der Waals surface area contributed by atoms with E-state index in [1.165, 1.54) is 25.7 Å². The van der Waals surface area contributed by atoms with Gasteiger partial charge in [-0.15, -0.1) is 0 Å². The monoisotopic (exact) mass is 170 g/mol. The zero-order valence-electron chi connectivity index (χ0n) is 7.59. The molecule has 1 N–H and O–H groups in total. The fourth-order valence-electron chi connectivity index (χ4n) is 0.500. The van der Waals surface area contributed by atoms with Gasteiger partial charge in [-0.05, 0) is 0 Å². The normalized spacial score (nSPS) is 7.09. The van der Waals surface area contributed by atoms with Crippen LogP contribution in [-0.2, 0) is 0 Å². The Morgan fingerprint density at radius 3 is 1.55 bits per heavy atom. The van der Waals surface area contributed by atoms with E-state index in [0.717, 1.165) is 0 Å². The van der Waals surface area contributed by atoms with Crippen LogP contribution < -0.4 is 34.7 Å². The summed E-state index contributed by atoms with van der Waals surface area (Å²) in [6, 6.07) is 0. The molecule has 11 heavy (non-hydrogen) atoms. The van der Waals surface area contributed by atoms with E-state index in [4.69, 9.17) is 15.0 Å². The first-order valence-electron chi connectivity index (χ1n) is 3.55. The molecule has 3 nitrogen and oxygen atoms in total. The van der Waals surface area contributed by atoms with Gasteiger partial charge in [-0.25, -0.2) is 0 Å². The molecule has 4 heteroatoms. The Hall–Kier alpha value is 0.270. The number of rotatable bonds is 3. The maximum atomic E-state index is 8.44. The molecule has 0 aliphatic carbocycles. The molecule has 0 saturated heterocycles. The summed E-state index contributed by atoms with van der Waals surface area (Å²) >= 11 is 0. The van der Waals surface area contributed by atoms with Gasteiger partial charge in [0.15, 0.2) is 0 Å². The molecule has 0 unspecified atom stereocenters. The van der Waals surface area contributed by atoms with Crippen LogP contribution in [0.15, 0.2) is 0 Å². The molecule has 0 atom stereocenters. The third-order valence-electron chi connectivity index (χ3n) is 0.957. The number of unbranched alkanes of at least 4 members (excludes halogenated alkanes) is 3. The van der Waals surface area contributed by atoms with Crippen molar-refractivity contribution in [2.75, 3.05) is 0 Å². The summed E-state index contributed by atoms with van der Waals surface area (Å²) < 4.78 is 0. The van der Waals surface area contributed by atoms with Crippen LogP contribution in [0.4, 0.5) is 4.79 Å². The summed E-state index contributed by atoms with van der Waals surface area (Å²) in [6.07, 6.45) is 3.45. The zero-order chi connectivity index (χ0) is 8.41. The molecular formula is C7H15NaO3. The first-order valence-corrected chi connectivity index (χ1v) is 3.55. The van der Waals surface area contributed by atoms with Crippen LogP contribution in [-0.4, -0.2) is 11.3 Å². The van der Waals surface area contributed by atoms with Gasteiger partial charge in [0, 0.05) is 0 Å². The second-order valence-corrected chi connectivity index (χ2v) is 1.97. The smallest absolute Gasteiger partial charge is 0.565 e. The Bertz CT molecular complexity index is 68.1. The van der Waals surface area contributed by atoms with Crippen molar-refractivity contribution in [1.82, 2.24) is 0 Å². The first kappa shape index (κ1) is 17.4. The van der Waals surface area contributed by atoms with Crippen molar-refractivity contribution in [3.63, 3.8) is 0 Å². The van der Waals surface area contributed by atoms with E-state index < -0.39 is 6.16 Å². The Kier molecular flexibility index (Phi) is 26.4. The second kappa shape index (κ2) is 16.7. The molecule has 62 valence electrons. The van der Waals surface area contributed by atoms with E-state index in [1.807, 2.05) is 0 Å². The fourth-order valence-corrected chi connectivity index (χ4v) is 0.500. The van der Waals surface area contributed by atoms with Crippen molar-refractivity contribution in [3.8, 4) is 0 Å². The zero-order valence-corrected chi connectivity index (χ0v) is 9.59. The van der Waals surface area contributed by atoms with E-state index in [1.54, 1.807) is 0 Å². The second-order valence-electron chi connectivity index (χ2n) is 1.97. The van der Waals surface area contributed by atoms with Crippen molar-refractivity contribution in [2.24, 2.45) is 0 Å². The average Bonchev–Trinajstić information content (AvgIpc) is 1.82. The number of carbonyl (C=O) groups is 1. The molecule has 0 aromatic heterocycles. The van der Waals surface area contributed by atoms with Gasteiger partial charge in [0.25, 0.3) is 0 Å². The maximum absolute atomic E-state index is 8.44. The minimum absolute atomic E-state index is 0. The number of hydrogen-bond donors (Lipinski definition) is 1. The SMILES string of the molecule is CCCCCC.O=C([O-])O.[Na+]. The number of hydrogen-bond acceptors (Lipinski definition) is 2. The van der Waals surface area contributed by atoms with Gasteiger partial charge in [-0.3, -0.25) is 0 Å².